The van der Waals surface area contributed by atoms with Crippen molar-refractivity contribution in [1.29, 1.82) is 0 Å². The minimum absolute atomic E-state index is 0.121. The van der Waals surface area contributed by atoms with Crippen molar-refractivity contribution < 1.29 is 9.53 Å². The summed E-state index contributed by atoms with van der Waals surface area (Å²) in [5, 5.41) is 1.96. The molecule has 2 aromatic rings. The van der Waals surface area contributed by atoms with Crippen LogP contribution in [-0.4, -0.2) is 24.0 Å². The summed E-state index contributed by atoms with van der Waals surface area (Å²) in [6, 6.07) is 7.58. The molecule has 0 saturated heterocycles. The number of carbonyl (C=O) groups is 1. The second-order valence-electron chi connectivity index (χ2n) is 3.77. The molecule has 0 N–H and O–H groups in total. The minimum Gasteiger partial charge on any atom is -0.381 e. The third-order valence-corrected chi connectivity index (χ3v) is 2.66. The van der Waals surface area contributed by atoms with Crippen molar-refractivity contribution in [2.45, 2.75) is 13.3 Å². The van der Waals surface area contributed by atoms with Crippen molar-refractivity contribution in [3.63, 3.8) is 0 Å². The van der Waals surface area contributed by atoms with Gasteiger partial charge in [-0.05, 0) is 18.4 Å². The molecule has 88 valence electrons. The van der Waals surface area contributed by atoms with Gasteiger partial charge in [0.1, 0.15) is 0 Å². The maximum atomic E-state index is 12.0. The molecule has 1 aromatic carbocycles. The van der Waals surface area contributed by atoms with Gasteiger partial charge in [0.05, 0.1) is 6.61 Å². The third kappa shape index (κ3) is 2.68. The van der Waals surface area contributed by atoms with Crippen molar-refractivity contribution in [3.8, 4) is 0 Å². The minimum atomic E-state index is 0.121. The van der Waals surface area contributed by atoms with Gasteiger partial charge in [0.2, 0.25) is 0 Å². The summed E-state index contributed by atoms with van der Waals surface area (Å²) in [6.45, 7) is 3.05. The summed E-state index contributed by atoms with van der Waals surface area (Å²) >= 11 is 0. The fourth-order valence-corrected chi connectivity index (χ4v) is 1.81. The highest BCUT2D eigenvalue weighted by Crippen LogP contribution is 2.18. The van der Waals surface area contributed by atoms with Crippen molar-refractivity contribution in [2.75, 3.05) is 13.2 Å². The maximum absolute atomic E-state index is 12.0. The van der Waals surface area contributed by atoms with Gasteiger partial charge in [-0.15, -0.1) is 0 Å². The smallest absolute Gasteiger partial charge is 0.165 e. The SMILES string of the molecule is CCOCCC(=O)c1cccc2cnccc12. The molecular formula is C14H15NO2. The van der Waals surface area contributed by atoms with Crippen LogP contribution in [0.1, 0.15) is 23.7 Å². The summed E-state index contributed by atoms with van der Waals surface area (Å²) in [4.78, 5) is 16.1. The largest absolute Gasteiger partial charge is 0.381 e. The first-order chi connectivity index (χ1) is 8.33. The second kappa shape index (κ2) is 5.55. The van der Waals surface area contributed by atoms with Gasteiger partial charge in [-0.1, -0.05) is 18.2 Å². The lowest BCUT2D eigenvalue weighted by Crippen LogP contribution is -2.05. The number of Topliss-reactive ketones (excluding diaryl/α,β-unsaturated/α-hetero) is 1. The molecule has 0 atom stereocenters. The van der Waals surface area contributed by atoms with Crippen LogP contribution in [0.3, 0.4) is 0 Å². The molecule has 17 heavy (non-hydrogen) atoms. The average Bonchev–Trinajstić information content (AvgIpc) is 2.38. The van der Waals surface area contributed by atoms with E-state index < -0.39 is 0 Å². The van der Waals surface area contributed by atoms with E-state index in [-0.39, 0.29) is 5.78 Å². The Morgan fingerprint density at radius 1 is 1.35 bits per heavy atom. The van der Waals surface area contributed by atoms with E-state index >= 15 is 0 Å². The Labute approximate surface area is 100 Å². The van der Waals surface area contributed by atoms with Crippen LogP contribution in [0.15, 0.2) is 36.7 Å². The van der Waals surface area contributed by atoms with Crippen LogP contribution in [0.25, 0.3) is 10.8 Å². The molecule has 0 fully saturated rings. The molecule has 1 heterocycles. The summed E-state index contributed by atoms with van der Waals surface area (Å²) < 4.78 is 5.20. The maximum Gasteiger partial charge on any atom is 0.165 e. The predicted molar refractivity (Wildman–Crippen MR) is 67.2 cm³/mol. The van der Waals surface area contributed by atoms with E-state index in [1.54, 1.807) is 12.4 Å². The van der Waals surface area contributed by atoms with Crippen LogP contribution >= 0.6 is 0 Å². The lowest BCUT2D eigenvalue weighted by molar-refractivity contribution is 0.0897. The Bertz CT molecular complexity index is 517. The van der Waals surface area contributed by atoms with Gasteiger partial charge in [-0.3, -0.25) is 9.78 Å². The highest BCUT2D eigenvalue weighted by molar-refractivity contribution is 6.07. The van der Waals surface area contributed by atoms with Crippen LogP contribution in [0.5, 0.6) is 0 Å². The molecule has 3 heteroatoms. The van der Waals surface area contributed by atoms with Gasteiger partial charge in [0, 0.05) is 36.4 Å². The zero-order chi connectivity index (χ0) is 12.1. The highest BCUT2D eigenvalue weighted by atomic mass is 16.5. The molecule has 0 bridgehead atoms. The fraction of sp³-hybridized carbons (Fsp3) is 0.286. The van der Waals surface area contributed by atoms with Crippen molar-refractivity contribution in [1.82, 2.24) is 4.98 Å². The van der Waals surface area contributed by atoms with Crippen LogP contribution in [0.2, 0.25) is 0 Å². The van der Waals surface area contributed by atoms with Crippen molar-refractivity contribution >= 4 is 16.6 Å². The van der Waals surface area contributed by atoms with Crippen LogP contribution < -0.4 is 0 Å². The lowest BCUT2D eigenvalue weighted by atomic mass is 10.0. The molecule has 0 aliphatic rings. The number of fused-ring (bicyclic) bond motifs is 1. The van der Waals surface area contributed by atoms with Gasteiger partial charge >= 0.3 is 0 Å². The number of nitrogens with zero attached hydrogens (tertiary/aromatic N) is 1. The molecule has 2 rings (SSSR count). The first kappa shape index (κ1) is 11.7. The third-order valence-electron chi connectivity index (χ3n) is 2.66. The highest BCUT2D eigenvalue weighted by Gasteiger charge is 2.09. The molecule has 0 saturated carbocycles. The first-order valence-corrected chi connectivity index (χ1v) is 5.76. The van der Waals surface area contributed by atoms with E-state index in [1.807, 2.05) is 31.2 Å². The molecule has 0 aliphatic carbocycles. The topological polar surface area (TPSA) is 39.2 Å². The number of carbonyl (C=O) groups excluding carboxylic acids is 1. The summed E-state index contributed by atoms with van der Waals surface area (Å²) in [6.07, 6.45) is 3.91. The van der Waals surface area contributed by atoms with Gasteiger partial charge in [-0.2, -0.15) is 0 Å². The number of hydrogen-bond donors (Lipinski definition) is 0. The number of ketones is 1. The van der Waals surface area contributed by atoms with Gasteiger partial charge in [0.25, 0.3) is 0 Å². The molecule has 0 amide bonds. The molecule has 1 aromatic heterocycles. The molecule has 0 radical (unpaired) electrons. The zero-order valence-corrected chi connectivity index (χ0v) is 9.85. The predicted octanol–water partition coefficient (Wildman–Crippen LogP) is 2.84. The fourth-order valence-electron chi connectivity index (χ4n) is 1.81. The summed E-state index contributed by atoms with van der Waals surface area (Å²) in [5.41, 5.74) is 0.754. The monoisotopic (exact) mass is 229 g/mol. The Balaban J connectivity index is 2.26. The van der Waals surface area contributed by atoms with Crippen LogP contribution in [0, 0.1) is 0 Å². The number of pyridine rings is 1. The normalized spacial score (nSPS) is 10.6. The first-order valence-electron chi connectivity index (χ1n) is 5.76. The summed E-state index contributed by atoms with van der Waals surface area (Å²) in [7, 11) is 0. The van der Waals surface area contributed by atoms with Crippen LogP contribution in [0.4, 0.5) is 0 Å². The Morgan fingerprint density at radius 2 is 2.24 bits per heavy atom. The molecule has 0 unspecified atom stereocenters. The van der Waals surface area contributed by atoms with Crippen LogP contribution in [-0.2, 0) is 4.74 Å². The van der Waals surface area contributed by atoms with Crippen molar-refractivity contribution in [3.05, 3.63) is 42.2 Å². The summed E-state index contributed by atoms with van der Waals surface area (Å²) in [5.74, 6) is 0.121. The van der Waals surface area contributed by atoms with Gasteiger partial charge in [-0.25, -0.2) is 0 Å². The van der Waals surface area contributed by atoms with Gasteiger partial charge < -0.3 is 4.74 Å². The average molecular weight is 229 g/mol. The molecule has 0 spiro atoms. The number of hydrogen-bond acceptors (Lipinski definition) is 3. The molecule has 0 aliphatic heterocycles. The zero-order valence-electron chi connectivity index (χ0n) is 9.85. The van der Waals surface area contributed by atoms with E-state index in [9.17, 15) is 4.79 Å². The van der Waals surface area contributed by atoms with E-state index in [2.05, 4.69) is 4.98 Å². The lowest BCUT2D eigenvalue weighted by Gasteiger charge is -2.05. The van der Waals surface area contributed by atoms with Gasteiger partial charge in [0.15, 0.2) is 5.78 Å². The Kier molecular flexibility index (Phi) is 3.83. The standard InChI is InChI=1S/C14H15NO2/c1-2-17-9-7-14(16)13-5-3-4-11-10-15-8-6-12(11)13/h3-6,8,10H,2,7,9H2,1H3. The molecule has 3 nitrogen and oxygen atoms in total. The van der Waals surface area contributed by atoms with E-state index in [1.165, 1.54) is 0 Å². The van der Waals surface area contributed by atoms with E-state index in [0.29, 0.717) is 19.6 Å². The molecular weight excluding hydrogens is 214 g/mol. The second-order valence-corrected chi connectivity index (χ2v) is 3.77. The quantitative estimate of drug-likeness (QED) is 0.584. The number of benzene rings is 1. The Morgan fingerprint density at radius 3 is 3.06 bits per heavy atom. The van der Waals surface area contributed by atoms with Crippen molar-refractivity contribution in [2.24, 2.45) is 0 Å². The Hall–Kier alpha value is -1.74. The number of aromatic nitrogens is 1. The number of ether oxygens (including phenoxy) is 1. The van der Waals surface area contributed by atoms with E-state index in [0.717, 1.165) is 16.3 Å². The number of rotatable bonds is 5. The van der Waals surface area contributed by atoms with E-state index in [4.69, 9.17) is 4.74 Å².